The van der Waals surface area contributed by atoms with Gasteiger partial charge in [0, 0.05) is 5.56 Å². The van der Waals surface area contributed by atoms with Crippen LogP contribution in [0.1, 0.15) is 55.2 Å². The van der Waals surface area contributed by atoms with Crippen molar-refractivity contribution in [3.05, 3.63) is 101 Å². The number of nitrogens with zero attached hydrogens (tertiary/aromatic N) is 1. The fraction of sp³-hybridized carbons (Fsp3) is 0.240. The van der Waals surface area contributed by atoms with Gasteiger partial charge in [-0.2, -0.15) is 0 Å². The molecule has 2 atom stereocenters. The maximum Gasteiger partial charge on any atom is 0.221 e. The number of ether oxygens (including phenoxy) is 1. The van der Waals surface area contributed by atoms with E-state index in [1.165, 1.54) is 0 Å². The summed E-state index contributed by atoms with van der Waals surface area (Å²) in [6.45, 7) is 6.26. The first kappa shape index (κ1) is 18.3. The number of hydrogen-bond donors (Lipinski definition) is 1. The Morgan fingerprint density at radius 3 is 2.00 bits per heavy atom. The minimum absolute atomic E-state index is 0.156. The molecule has 142 valence electrons. The lowest BCUT2D eigenvalue weighted by molar-refractivity contribution is 0.196. The Labute approximate surface area is 166 Å². The van der Waals surface area contributed by atoms with Gasteiger partial charge in [-0.15, -0.1) is 0 Å². The minimum Gasteiger partial charge on any atom is -0.507 e. The largest absolute Gasteiger partial charge is 0.507 e. The van der Waals surface area contributed by atoms with Crippen LogP contribution in [0.25, 0.3) is 0 Å². The van der Waals surface area contributed by atoms with Gasteiger partial charge < -0.3 is 9.84 Å². The van der Waals surface area contributed by atoms with E-state index in [1.54, 1.807) is 0 Å². The summed E-state index contributed by atoms with van der Waals surface area (Å²) < 4.78 is 6.34. The lowest BCUT2D eigenvalue weighted by Gasteiger charge is -2.22. The van der Waals surface area contributed by atoms with Crippen molar-refractivity contribution in [1.82, 2.24) is 0 Å². The summed E-state index contributed by atoms with van der Waals surface area (Å²) in [5.74, 6) is 0.737. The van der Waals surface area contributed by atoms with Crippen molar-refractivity contribution in [2.24, 2.45) is 4.99 Å². The highest BCUT2D eigenvalue weighted by Gasteiger charge is 2.35. The van der Waals surface area contributed by atoms with E-state index >= 15 is 0 Å². The molecule has 0 spiro atoms. The average molecular weight is 371 g/mol. The molecule has 28 heavy (non-hydrogen) atoms. The van der Waals surface area contributed by atoms with E-state index in [-0.39, 0.29) is 23.3 Å². The molecule has 0 aromatic heterocycles. The standard InChI is InChI=1S/C25H25NO2/c1-25(2,3)20-16-10-15-19(22(20)27)24-26-21(17-11-6-4-7-12-17)23(28-24)18-13-8-5-9-14-18/h4-16,21,23,27H,1-3H3/t21-,23-/m0/s1. The number of aliphatic imine (C=N–C) groups is 1. The average Bonchev–Trinajstić information content (AvgIpc) is 3.14. The normalized spacial score (nSPS) is 19.2. The Hall–Kier alpha value is -3.07. The summed E-state index contributed by atoms with van der Waals surface area (Å²) in [7, 11) is 0. The van der Waals surface area contributed by atoms with Gasteiger partial charge in [-0.05, 0) is 22.6 Å². The van der Waals surface area contributed by atoms with Crippen molar-refractivity contribution in [1.29, 1.82) is 0 Å². The van der Waals surface area contributed by atoms with E-state index in [9.17, 15) is 5.11 Å². The SMILES string of the molecule is CC(C)(C)c1cccc(C2=N[C@@H](c3ccccc3)[C@H](c3ccccc3)O2)c1O. The molecule has 0 fully saturated rings. The molecule has 0 saturated carbocycles. The Bertz CT molecular complexity index is 988. The minimum atomic E-state index is -0.226. The van der Waals surface area contributed by atoms with Gasteiger partial charge in [0.2, 0.25) is 5.90 Å². The molecule has 1 heterocycles. The zero-order chi connectivity index (χ0) is 19.7. The lowest BCUT2D eigenvalue weighted by atomic mass is 9.85. The van der Waals surface area contributed by atoms with Crippen molar-refractivity contribution >= 4 is 5.90 Å². The number of aromatic hydroxyl groups is 1. The fourth-order valence-corrected chi connectivity index (χ4v) is 3.66. The molecule has 0 radical (unpaired) electrons. The third-order valence-corrected chi connectivity index (χ3v) is 5.13. The molecule has 3 aromatic rings. The lowest BCUT2D eigenvalue weighted by Crippen LogP contribution is -2.14. The molecule has 0 unspecified atom stereocenters. The molecule has 3 heteroatoms. The van der Waals surface area contributed by atoms with Gasteiger partial charge in [0.1, 0.15) is 11.8 Å². The highest BCUT2D eigenvalue weighted by Crippen LogP contribution is 2.43. The third kappa shape index (κ3) is 3.40. The molecular weight excluding hydrogens is 346 g/mol. The van der Waals surface area contributed by atoms with Crippen molar-refractivity contribution in [3.63, 3.8) is 0 Å². The molecule has 3 nitrogen and oxygen atoms in total. The van der Waals surface area contributed by atoms with Crippen LogP contribution in [0.15, 0.2) is 83.9 Å². The van der Waals surface area contributed by atoms with Crippen LogP contribution < -0.4 is 0 Å². The van der Waals surface area contributed by atoms with Crippen LogP contribution in [0.5, 0.6) is 5.75 Å². The number of rotatable bonds is 3. The molecule has 0 bridgehead atoms. The second-order valence-electron chi connectivity index (χ2n) is 8.19. The Morgan fingerprint density at radius 1 is 0.786 bits per heavy atom. The summed E-state index contributed by atoms with van der Waals surface area (Å²) in [4.78, 5) is 4.90. The summed E-state index contributed by atoms with van der Waals surface area (Å²) in [5, 5.41) is 10.9. The topological polar surface area (TPSA) is 41.8 Å². The molecule has 0 aliphatic carbocycles. The highest BCUT2D eigenvalue weighted by atomic mass is 16.5. The van der Waals surface area contributed by atoms with E-state index in [1.807, 2.05) is 54.6 Å². The number of hydrogen-bond acceptors (Lipinski definition) is 3. The van der Waals surface area contributed by atoms with E-state index in [0.717, 1.165) is 16.7 Å². The zero-order valence-electron chi connectivity index (χ0n) is 16.5. The molecule has 4 rings (SSSR count). The van der Waals surface area contributed by atoms with Crippen LogP contribution in [0, 0.1) is 0 Å². The van der Waals surface area contributed by atoms with E-state index in [2.05, 4.69) is 45.0 Å². The zero-order valence-corrected chi connectivity index (χ0v) is 16.5. The van der Waals surface area contributed by atoms with Crippen molar-refractivity contribution < 1.29 is 9.84 Å². The molecule has 0 saturated heterocycles. The summed E-state index contributed by atoms with van der Waals surface area (Å²) in [6, 6.07) is 25.9. The van der Waals surface area contributed by atoms with E-state index in [4.69, 9.17) is 9.73 Å². The summed E-state index contributed by atoms with van der Waals surface area (Å²) in [6.07, 6.45) is -0.226. The first-order valence-corrected chi connectivity index (χ1v) is 9.62. The second kappa shape index (κ2) is 7.16. The number of para-hydroxylation sites is 1. The van der Waals surface area contributed by atoms with Crippen LogP contribution in [0.4, 0.5) is 0 Å². The van der Waals surface area contributed by atoms with Crippen LogP contribution >= 0.6 is 0 Å². The van der Waals surface area contributed by atoms with Crippen LogP contribution in [0.2, 0.25) is 0 Å². The number of phenolic OH excluding ortho intramolecular Hbond substituents is 1. The third-order valence-electron chi connectivity index (χ3n) is 5.13. The smallest absolute Gasteiger partial charge is 0.221 e. The quantitative estimate of drug-likeness (QED) is 0.618. The van der Waals surface area contributed by atoms with E-state index < -0.39 is 0 Å². The predicted octanol–water partition coefficient (Wildman–Crippen LogP) is 5.95. The Morgan fingerprint density at radius 2 is 1.39 bits per heavy atom. The van der Waals surface area contributed by atoms with Gasteiger partial charge in [-0.1, -0.05) is 93.6 Å². The monoisotopic (exact) mass is 371 g/mol. The van der Waals surface area contributed by atoms with Crippen molar-refractivity contribution in [2.75, 3.05) is 0 Å². The molecular formula is C25H25NO2. The Balaban J connectivity index is 1.79. The van der Waals surface area contributed by atoms with Crippen LogP contribution in [-0.4, -0.2) is 11.0 Å². The van der Waals surface area contributed by atoms with Crippen LogP contribution in [0.3, 0.4) is 0 Å². The van der Waals surface area contributed by atoms with Gasteiger partial charge >= 0.3 is 0 Å². The van der Waals surface area contributed by atoms with Crippen molar-refractivity contribution in [3.8, 4) is 5.75 Å². The first-order chi connectivity index (χ1) is 13.4. The van der Waals surface area contributed by atoms with Gasteiger partial charge in [0.15, 0.2) is 6.10 Å². The van der Waals surface area contributed by atoms with Crippen LogP contribution in [-0.2, 0) is 10.2 Å². The number of phenols is 1. The maximum atomic E-state index is 10.9. The van der Waals surface area contributed by atoms with Crippen molar-refractivity contribution in [2.45, 2.75) is 38.3 Å². The predicted molar refractivity (Wildman–Crippen MR) is 113 cm³/mol. The molecule has 1 N–H and O–H groups in total. The molecule has 1 aliphatic rings. The number of benzene rings is 3. The second-order valence-corrected chi connectivity index (χ2v) is 8.19. The van der Waals surface area contributed by atoms with Gasteiger partial charge in [0.25, 0.3) is 0 Å². The molecule has 0 amide bonds. The molecule has 3 aromatic carbocycles. The fourth-order valence-electron chi connectivity index (χ4n) is 3.66. The van der Waals surface area contributed by atoms with Gasteiger partial charge in [0.05, 0.1) is 5.56 Å². The van der Waals surface area contributed by atoms with E-state index in [0.29, 0.717) is 11.5 Å². The van der Waals surface area contributed by atoms with Gasteiger partial charge in [-0.25, -0.2) is 4.99 Å². The Kier molecular flexibility index (Phi) is 4.68. The maximum absolute atomic E-state index is 10.9. The molecule has 1 aliphatic heterocycles. The van der Waals surface area contributed by atoms with Gasteiger partial charge in [-0.3, -0.25) is 0 Å². The summed E-state index contributed by atoms with van der Waals surface area (Å²) >= 11 is 0. The first-order valence-electron chi connectivity index (χ1n) is 9.62. The summed E-state index contributed by atoms with van der Waals surface area (Å²) in [5.41, 5.74) is 3.53. The highest BCUT2D eigenvalue weighted by molar-refractivity contribution is 5.98.